The molecule has 8 heteroatoms. The fourth-order valence-corrected chi connectivity index (χ4v) is 4.00. The Morgan fingerprint density at radius 2 is 2.03 bits per heavy atom. The number of carbonyl (C=O) groups is 1. The molecule has 2 N–H and O–H groups in total. The number of aromatic nitrogens is 2. The summed E-state index contributed by atoms with van der Waals surface area (Å²) in [5.74, 6) is -0.0250. The number of rotatable bonds is 5. The predicted molar refractivity (Wildman–Crippen MR) is 113 cm³/mol. The molecule has 0 saturated heterocycles. The summed E-state index contributed by atoms with van der Waals surface area (Å²) in [6, 6.07) is 16.6. The van der Waals surface area contributed by atoms with Crippen LogP contribution in [-0.4, -0.2) is 34.1 Å². The van der Waals surface area contributed by atoms with Crippen LogP contribution in [0.3, 0.4) is 0 Å². The first-order valence-electron chi connectivity index (χ1n) is 8.82. The van der Waals surface area contributed by atoms with Crippen molar-refractivity contribution in [1.29, 1.82) is 0 Å². The van der Waals surface area contributed by atoms with Gasteiger partial charge >= 0.3 is 0 Å². The van der Waals surface area contributed by atoms with Gasteiger partial charge in [0.2, 0.25) is 0 Å². The second-order valence-electron chi connectivity index (χ2n) is 6.26. The largest absolute Gasteiger partial charge is 0.504 e. The molecule has 0 atom stereocenters. The molecule has 1 amide bonds. The molecule has 0 aliphatic rings. The number of benzene rings is 2. The zero-order valence-corrected chi connectivity index (χ0v) is 16.6. The van der Waals surface area contributed by atoms with E-state index in [1.807, 2.05) is 48.0 Å². The number of hydrogen-bond donors (Lipinski definition) is 2. The molecule has 0 bridgehead atoms. The number of aryl methyl sites for hydroxylation is 1. The van der Waals surface area contributed by atoms with Crippen LogP contribution in [0.5, 0.6) is 11.5 Å². The number of thiophene rings is 1. The molecule has 4 aromatic rings. The Morgan fingerprint density at radius 1 is 1.24 bits per heavy atom. The van der Waals surface area contributed by atoms with Gasteiger partial charge in [-0.1, -0.05) is 24.3 Å². The van der Waals surface area contributed by atoms with Gasteiger partial charge in [-0.15, -0.1) is 11.3 Å². The molecule has 146 valence electrons. The van der Waals surface area contributed by atoms with Gasteiger partial charge in [-0.3, -0.25) is 4.79 Å². The molecule has 29 heavy (non-hydrogen) atoms. The molecule has 7 nitrogen and oxygen atoms in total. The lowest BCUT2D eigenvalue weighted by Crippen LogP contribution is -2.16. The maximum atomic E-state index is 12.5. The highest BCUT2D eigenvalue weighted by atomic mass is 32.1. The van der Waals surface area contributed by atoms with Crippen molar-refractivity contribution in [1.82, 2.24) is 15.2 Å². The first kappa shape index (κ1) is 18.7. The summed E-state index contributed by atoms with van der Waals surface area (Å²) in [6.07, 6.45) is 1.38. The summed E-state index contributed by atoms with van der Waals surface area (Å²) in [4.78, 5) is 14.0. The predicted octanol–water partition coefficient (Wildman–Crippen LogP) is 3.87. The summed E-state index contributed by atoms with van der Waals surface area (Å²) in [5, 5.41) is 19.5. The number of phenols is 1. The van der Waals surface area contributed by atoms with E-state index in [2.05, 4.69) is 15.6 Å². The van der Waals surface area contributed by atoms with Crippen LogP contribution in [0.1, 0.15) is 20.9 Å². The normalized spacial score (nSPS) is 11.2. The van der Waals surface area contributed by atoms with E-state index in [-0.39, 0.29) is 11.7 Å². The Hall–Kier alpha value is -3.65. The van der Waals surface area contributed by atoms with Crippen LogP contribution in [0.4, 0.5) is 0 Å². The van der Waals surface area contributed by atoms with Crippen molar-refractivity contribution in [3.05, 3.63) is 70.7 Å². The van der Waals surface area contributed by atoms with Gasteiger partial charge in [0.25, 0.3) is 5.91 Å². The summed E-state index contributed by atoms with van der Waals surface area (Å²) in [7, 11) is 1.47. The number of methoxy groups -OCH3 is 1. The third-order valence-electron chi connectivity index (χ3n) is 4.39. The SMILES string of the molecule is COc1cccc(/C=N/NC(=O)c2cc3c(C)nn(-c4ccccc4)c3s2)c1O. The van der Waals surface area contributed by atoms with Crippen LogP contribution in [0.15, 0.2) is 59.7 Å². The van der Waals surface area contributed by atoms with Gasteiger partial charge in [0, 0.05) is 10.9 Å². The summed E-state index contributed by atoms with van der Waals surface area (Å²) < 4.78 is 6.90. The van der Waals surface area contributed by atoms with Crippen LogP contribution in [0, 0.1) is 6.92 Å². The fraction of sp³-hybridized carbons (Fsp3) is 0.0952. The van der Waals surface area contributed by atoms with E-state index in [1.165, 1.54) is 24.7 Å². The lowest BCUT2D eigenvalue weighted by molar-refractivity contribution is 0.0959. The number of phenolic OH excluding ortho intramolecular Hbond substituents is 1. The fourth-order valence-electron chi connectivity index (χ4n) is 2.93. The van der Waals surface area contributed by atoms with E-state index in [0.717, 1.165) is 21.6 Å². The third kappa shape index (κ3) is 3.57. The zero-order chi connectivity index (χ0) is 20.4. The molecule has 0 spiro atoms. The molecule has 0 aliphatic heterocycles. The molecular weight excluding hydrogens is 388 g/mol. The Bertz CT molecular complexity index is 1210. The number of para-hydroxylation sites is 2. The second kappa shape index (κ2) is 7.76. The van der Waals surface area contributed by atoms with Gasteiger partial charge in [-0.2, -0.15) is 10.2 Å². The van der Waals surface area contributed by atoms with E-state index in [1.54, 1.807) is 18.2 Å². The van der Waals surface area contributed by atoms with Crippen LogP contribution < -0.4 is 10.2 Å². The number of hydrazone groups is 1. The third-order valence-corrected chi connectivity index (χ3v) is 5.50. The van der Waals surface area contributed by atoms with Crippen LogP contribution in [0.25, 0.3) is 15.9 Å². The van der Waals surface area contributed by atoms with E-state index >= 15 is 0 Å². The van der Waals surface area contributed by atoms with E-state index in [4.69, 9.17) is 4.74 Å². The quantitative estimate of drug-likeness (QED) is 0.389. The Labute approximate surface area is 170 Å². The minimum absolute atomic E-state index is 0.0339. The zero-order valence-electron chi connectivity index (χ0n) is 15.8. The number of nitrogens with zero attached hydrogens (tertiary/aromatic N) is 3. The smallest absolute Gasteiger partial charge is 0.281 e. The van der Waals surface area contributed by atoms with Gasteiger partial charge in [-0.25, -0.2) is 10.1 Å². The van der Waals surface area contributed by atoms with Crippen molar-refractivity contribution in [2.24, 2.45) is 5.10 Å². The standard InChI is InChI=1S/C21H18N4O3S/c1-13-16-11-18(29-21(16)25(24-13)15-8-4-3-5-9-15)20(27)23-22-12-14-7-6-10-17(28-2)19(14)26/h3-12,26H,1-2H3,(H,23,27)/b22-12+. The maximum absolute atomic E-state index is 12.5. The number of amides is 1. The topological polar surface area (TPSA) is 88.7 Å². The Morgan fingerprint density at radius 3 is 2.79 bits per heavy atom. The molecule has 0 unspecified atom stereocenters. The second-order valence-corrected chi connectivity index (χ2v) is 7.29. The van der Waals surface area contributed by atoms with E-state index in [0.29, 0.717) is 16.2 Å². The molecule has 0 fully saturated rings. The van der Waals surface area contributed by atoms with Crippen LogP contribution in [-0.2, 0) is 0 Å². The van der Waals surface area contributed by atoms with E-state index < -0.39 is 0 Å². The summed E-state index contributed by atoms with van der Waals surface area (Å²) in [6.45, 7) is 1.92. The first-order valence-corrected chi connectivity index (χ1v) is 9.64. The Kier molecular flexibility index (Phi) is 5.01. The van der Waals surface area contributed by atoms with Crippen molar-refractivity contribution in [2.45, 2.75) is 6.92 Å². The molecule has 0 aliphatic carbocycles. The van der Waals surface area contributed by atoms with Gasteiger partial charge in [-0.05, 0) is 37.3 Å². The van der Waals surface area contributed by atoms with E-state index in [9.17, 15) is 9.90 Å². The number of carbonyl (C=O) groups excluding carboxylic acids is 1. The minimum Gasteiger partial charge on any atom is -0.504 e. The average Bonchev–Trinajstić information content (AvgIpc) is 3.30. The molecule has 2 aromatic heterocycles. The Balaban J connectivity index is 1.57. The van der Waals surface area contributed by atoms with Gasteiger partial charge in [0.05, 0.1) is 29.6 Å². The average molecular weight is 406 g/mol. The number of fused-ring (bicyclic) bond motifs is 1. The number of aromatic hydroxyl groups is 1. The summed E-state index contributed by atoms with van der Waals surface area (Å²) >= 11 is 1.35. The van der Waals surface area contributed by atoms with Crippen molar-refractivity contribution >= 4 is 33.7 Å². The molecule has 4 rings (SSSR count). The lowest BCUT2D eigenvalue weighted by atomic mass is 10.2. The van der Waals surface area contributed by atoms with Crippen molar-refractivity contribution in [3.8, 4) is 17.2 Å². The van der Waals surface area contributed by atoms with Gasteiger partial charge < -0.3 is 9.84 Å². The highest BCUT2D eigenvalue weighted by molar-refractivity contribution is 7.20. The lowest BCUT2D eigenvalue weighted by Gasteiger charge is -2.04. The first-order chi connectivity index (χ1) is 14.1. The molecule has 0 radical (unpaired) electrons. The van der Waals surface area contributed by atoms with Gasteiger partial charge in [0.1, 0.15) is 4.83 Å². The van der Waals surface area contributed by atoms with Crippen molar-refractivity contribution in [2.75, 3.05) is 7.11 Å². The number of nitrogens with one attached hydrogen (secondary N) is 1. The molecule has 0 saturated carbocycles. The van der Waals surface area contributed by atoms with Crippen LogP contribution in [0.2, 0.25) is 0 Å². The van der Waals surface area contributed by atoms with Crippen molar-refractivity contribution in [3.63, 3.8) is 0 Å². The highest BCUT2D eigenvalue weighted by Gasteiger charge is 2.17. The minimum atomic E-state index is -0.330. The number of hydrogen-bond acceptors (Lipinski definition) is 6. The maximum Gasteiger partial charge on any atom is 0.281 e. The highest BCUT2D eigenvalue weighted by Crippen LogP contribution is 2.30. The van der Waals surface area contributed by atoms with Crippen molar-refractivity contribution < 1.29 is 14.6 Å². The number of ether oxygens (including phenoxy) is 1. The summed E-state index contributed by atoms with van der Waals surface area (Å²) in [5.41, 5.74) is 4.73. The molecule has 2 heterocycles. The molecular formula is C21H18N4O3S. The van der Waals surface area contributed by atoms with Gasteiger partial charge in [0.15, 0.2) is 11.5 Å². The molecule has 2 aromatic carbocycles. The van der Waals surface area contributed by atoms with Crippen LogP contribution >= 0.6 is 11.3 Å². The monoisotopic (exact) mass is 406 g/mol.